The highest BCUT2D eigenvalue weighted by Gasteiger charge is 2.27. The second kappa shape index (κ2) is 2.88. The highest BCUT2D eigenvalue weighted by Crippen LogP contribution is 2.25. The Morgan fingerprint density at radius 3 is 3.23 bits per heavy atom. The molecule has 0 saturated heterocycles. The number of halogens is 1. The monoisotopic (exact) mass is 198 g/mol. The van der Waals surface area contributed by atoms with E-state index in [9.17, 15) is 4.79 Å². The van der Waals surface area contributed by atoms with Crippen molar-refractivity contribution in [2.24, 2.45) is 0 Å². The summed E-state index contributed by atoms with van der Waals surface area (Å²) < 4.78 is 0. The fraction of sp³-hybridized carbons (Fsp3) is 0.250. The van der Waals surface area contributed by atoms with E-state index in [1.165, 1.54) is 6.20 Å². The Kier molecular flexibility index (Phi) is 1.84. The molecule has 0 amide bonds. The molecule has 1 unspecified atom stereocenters. The molecular formula is C8H7ClN2O2. The zero-order chi connectivity index (χ0) is 9.42. The molecule has 2 N–H and O–H groups in total. The molecule has 1 aromatic rings. The lowest BCUT2D eigenvalue weighted by Crippen LogP contribution is -2.26. The van der Waals surface area contributed by atoms with Crippen LogP contribution in [0.1, 0.15) is 5.56 Å². The van der Waals surface area contributed by atoms with Crippen LogP contribution >= 0.6 is 11.6 Å². The molecule has 0 spiro atoms. The number of nitrogens with zero attached hydrogens (tertiary/aromatic N) is 1. The second-order valence-corrected chi connectivity index (χ2v) is 3.34. The summed E-state index contributed by atoms with van der Waals surface area (Å²) in [6.45, 7) is 0. The summed E-state index contributed by atoms with van der Waals surface area (Å²) in [5, 5.41) is 12.1. The van der Waals surface area contributed by atoms with Gasteiger partial charge in [-0.3, -0.25) is 0 Å². The summed E-state index contributed by atoms with van der Waals surface area (Å²) in [5.74, 6) is -0.245. The van der Waals surface area contributed by atoms with Crippen LogP contribution in [0, 0.1) is 0 Å². The fourth-order valence-corrected chi connectivity index (χ4v) is 1.53. The van der Waals surface area contributed by atoms with Crippen LogP contribution in [0.25, 0.3) is 0 Å². The molecule has 0 fully saturated rings. The number of rotatable bonds is 1. The van der Waals surface area contributed by atoms with Crippen molar-refractivity contribution in [2.45, 2.75) is 12.5 Å². The number of hydrogen-bond donors (Lipinski definition) is 2. The molecule has 1 aliphatic heterocycles. The van der Waals surface area contributed by atoms with Crippen LogP contribution in [-0.2, 0) is 11.2 Å². The molecule has 2 heterocycles. The number of aliphatic carboxylic acids is 1. The van der Waals surface area contributed by atoms with Crippen molar-refractivity contribution in [3.63, 3.8) is 0 Å². The zero-order valence-corrected chi connectivity index (χ0v) is 7.38. The smallest absolute Gasteiger partial charge is 0.326 e. The van der Waals surface area contributed by atoms with E-state index >= 15 is 0 Å². The predicted octanol–water partition coefficient (Wildman–Crippen LogP) is 1.16. The third-order valence-corrected chi connectivity index (χ3v) is 2.17. The van der Waals surface area contributed by atoms with E-state index in [2.05, 4.69) is 10.3 Å². The molecule has 5 heteroatoms. The Bertz CT molecular complexity index is 367. The topological polar surface area (TPSA) is 62.2 Å². The number of aromatic nitrogens is 1. The summed E-state index contributed by atoms with van der Waals surface area (Å²) in [4.78, 5) is 14.6. The predicted molar refractivity (Wildman–Crippen MR) is 48.0 cm³/mol. The van der Waals surface area contributed by atoms with Crippen LogP contribution in [0.5, 0.6) is 0 Å². The first-order valence-corrected chi connectivity index (χ1v) is 4.18. The molecule has 68 valence electrons. The van der Waals surface area contributed by atoms with Gasteiger partial charge in [0.1, 0.15) is 11.9 Å². The molecule has 13 heavy (non-hydrogen) atoms. The van der Waals surface area contributed by atoms with Crippen molar-refractivity contribution in [3.05, 3.63) is 22.8 Å². The zero-order valence-electron chi connectivity index (χ0n) is 6.62. The maximum Gasteiger partial charge on any atom is 0.326 e. The lowest BCUT2D eigenvalue weighted by atomic mass is 10.1. The summed E-state index contributed by atoms with van der Waals surface area (Å²) in [7, 11) is 0. The van der Waals surface area contributed by atoms with Gasteiger partial charge in [0.2, 0.25) is 0 Å². The van der Waals surface area contributed by atoms with Gasteiger partial charge < -0.3 is 10.4 Å². The number of pyridine rings is 1. The highest BCUT2D eigenvalue weighted by molar-refractivity contribution is 6.30. The van der Waals surface area contributed by atoms with Gasteiger partial charge in [0.25, 0.3) is 0 Å². The molecule has 2 rings (SSSR count). The standard InChI is InChI=1S/C8H7ClN2O2/c9-5-1-4-2-6(8(12)13)11-7(4)10-3-5/h1,3,6H,2H2,(H,10,11)(H,12,13). The van der Waals surface area contributed by atoms with Gasteiger partial charge in [-0.2, -0.15) is 0 Å². The van der Waals surface area contributed by atoms with Gasteiger partial charge in [-0.15, -0.1) is 0 Å². The van der Waals surface area contributed by atoms with E-state index in [1.807, 2.05) is 0 Å². The highest BCUT2D eigenvalue weighted by atomic mass is 35.5. The van der Waals surface area contributed by atoms with Crippen LogP contribution < -0.4 is 5.32 Å². The third kappa shape index (κ3) is 1.45. The van der Waals surface area contributed by atoms with Crippen LogP contribution in [-0.4, -0.2) is 22.1 Å². The van der Waals surface area contributed by atoms with Gasteiger partial charge in [0, 0.05) is 12.6 Å². The first-order valence-electron chi connectivity index (χ1n) is 3.80. The average Bonchev–Trinajstić information content (AvgIpc) is 2.46. The molecule has 0 aliphatic carbocycles. The number of carboxylic acid groups (broad SMARTS) is 1. The number of carbonyl (C=O) groups is 1. The van der Waals surface area contributed by atoms with Crippen molar-refractivity contribution in [1.82, 2.24) is 4.98 Å². The SMILES string of the molecule is O=C(O)C1Cc2cc(Cl)cnc2N1. The summed E-state index contributed by atoms with van der Waals surface area (Å²) in [6.07, 6.45) is 1.94. The summed E-state index contributed by atoms with van der Waals surface area (Å²) in [5.41, 5.74) is 0.861. The van der Waals surface area contributed by atoms with Crippen LogP contribution in [0.2, 0.25) is 5.02 Å². The van der Waals surface area contributed by atoms with E-state index in [1.54, 1.807) is 6.07 Å². The first-order chi connectivity index (χ1) is 6.16. The van der Waals surface area contributed by atoms with Crippen molar-refractivity contribution >= 4 is 23.4 Å². The summed E-state index contributed by atoms with van der Waals surface area (Å²) >= 11 is 5.71. The van der Waals surface area contributed by atoms with Crippen molar-refractivity contribution in [3.8, 4) is 0 Å². The van der Waals surface area contributed by atoms with Gasteiger partial charge in [-0.05, 0) is 11.6 Å². The van der Waals surface area contributed by atoms with Crippen LogP contribution in [0.3, 0.4) is 0 Å². The minimum absolute atomic E-state index is 0.443. The first kappa shape index (κ1) is 8.31. The summed E-state index contributed by atoms with van der Waals surface area (Å²) in [6, 6.07) is 1.17. The maximum absolute atomic E-state index is 10.6. The molecule has 1 aliphatic rings. The molecule has 0 radical (unpaired) electrons. The van der Waals surface area contributed by atoms with E-state index in [-0.39, 0.29) is 0 Å². The number of fused-ring (bicyclic) bond motifs is 1. The lowest BCUT2D eigenvalue weighted by Gasteiger charge is -2.02. The van der Waals surface area contributed by atoms with Crippen molar-refractivity contribution in [2.75, 3.05) is 5.32 Å². The van der Waals surface area contributed by atoms with Gasteiger partial charge in [-0.25, -0.2) is 9.78 Å². The Balaban J connectivity index is 2.30. The Labute approximate surface area is 79.5 Å². The Morgan fingerprint density at radius 1 is 1.77 bits per heavy atom. The quantitative estimate of drug-likeness (QED) is 0.711. The molecule has 1 aromatic heterocycles. The normalized spacial score (nSPS) is 19.3. The molecular weight excluding hydrogens is 192 g/mol. The average molecular weight is 199 g/mol. The van der Waals surface area contributed by atoms with E-state index in [0.717, 1.165) is 5.56 Å². The van der Waals surface area contributed by atoms with E-state index in [4.69, 9.17) is 16.7 Å². The fourth-order valence-electron chi connectivity index (χ4n) is 1.35. The number of carboxylic acids is 1. The third-order valence-electron chi connectivity index (χ3n) is 1.97. The minimum atomic E-state index is -0.867. The Hall–Kier alpha value is -1.29. The molecule has 0 aromatic carbocycles. The van der Waals surface area contributed by atoms with Gasteiger partial charge >= 0.3 is 5.97 Å². The molecule has 1 atom stereocenters. The van der Waals surface area contributed by atoms with Gasteiger partial charge in [-0.1, -0.05) is 11.6 Å². The van der Waals surface area contributed by atoms with E-state index in [0.29, 0.717) is 17.3 Å². The number of nitrogens with one attached hydrogen (secondary N) is 1. The molecule has 0 bridgehead atoms. The van der Waals surface area contributed by atoms with Gasteiger partial charge in [0.05, 0.1) is 5.02 Å². The van der Waals surface area contributed by atoms with E-state index < -0.39 is 12.0 Å². The number of hydrogen-bond acceptors (Lipinski definition) is 3. The van der Waals surface area contributed by atoms with Crippen molar-refractivity contribution in [1.29, 1.82) is 0 Å². The largest absolute Gasteiger partial charge is 0.480 e. The van der Waals surface area contributed by atoms with Gasteiger partial charge in [0.15, 0.2) is 0 Å². The lowest BCUT2D eigenvalue weighted by molar-refractivity contribution is -0.137. The minimum Gasteiger partial charge on any atom is -0.480 e. The molecule has 4 nitrogen and oxygen atoms in total. The maximum atomic E-state index is 10.6. The number of anilines is 1. The van der Waals surface area contributed by atoms with Crippen molar-refractivity contribution < 1.29 is 9.90 Å². The van der Waals surface area contributed by atoms with Crippen LogP contribution in [0.15, 0.2) is 12.3 Å². The Morgan fingerprint density at radius 2 is 2.54 bits per heavy atom. The van der Waals surface area contributed by atoms with Crippen LogP contribution in [0.4, 0.5) is 5.82 Å². The molecule has 0 saturated carbocycles. The second-order valence-electron chi connectivity index (χ2n) is 2.90.